The van der Waals surface area contributed by atoms with Crippen molar-refractivity contribution in [2.45, 2.75) is 10.8 Å². The summed E-state index contributed by atoms with van der Waals surface area (Å²) in [7, 11) is 0. The molecular weight excluding hydrogens is 1010 g/mol. The van der Waals surface area contributed by atoms with E-state index in [4.69, 9.17) is 9.47 Å². The van der Waals surface area contributed by atoms with Crippen LogP contribution in [-0.2, 0) is 10.8 Å². The van der Waals surface area contributed by atoms with Gasteiger partial charge in [0.05, 0.1) is 16.5 Å². The molecular formula is C80H51NO2. The zero-order valence-electron chi connectivity index (χ0n) is 45.2. The van der Waals surface area contributed by atoms with Crippen LogP contribution in [0.5, 0.6) is 23.0 Å². The van der Waals surface area contributed by atoms with Gasteiger partial charge in [-0.1, -0.05) is 255 Å². The molecule has 17 rings (SSSR count). The van der Waals surface area contributed by atoms with Gasteiger partial charge in [0.25, 0.3) is 0 Å². The number of benzene rings is 13. The fourth-order valence-electron chi connectivity index (χ4n) is 14.7. The summed E-state index contributed by atoms with van der Waals surface area (Å²) in [5.41, 5.74) is 26.0. The quantitative estimate of drug-likeness (QED) is 0.159. The maximum absolute atomic E-state index is 6.73. The van der Waals surface area contributed by atoms with E-state index in [1.165, 1.54) is 72.3 Å². The molecule has 0 atom stereocenters. The van der Waals surface area contributed by atoms with Gasteiger partial charge in [-0.3, -0.25) is 0 Å². The molecule has 13 aromatic rings. The van der Waals surface area contributed by atoms with Crippen LogP contribution in [0.25, 0.3) is 66.8 Å². The Morgan fingerprint density at radius 1 is 0.205 bits per heavy atom. The summed E-state index contributed by atoms with van der Waals surface area (Å²) in [6.45, 7) is 0. The van der Waals surface area contributed by atoms with Crippen LogP contribution in [-0.4, -0.2) is 0 Å². The second-order valence-corrected chi connectivity index (χ2v) is 22.1. The molecule has 0 bridgehead atoms. The third-order valence-corrected chi connectivity index (χ3v) is 18.1. The van der Waals surface area contributed by atoms with Crippen molar-refractivity contribution in [1.82, 2.24) is 0 Å². The van der Waals surface area contributed by atoms with Gasteiger partial charge in [0.2, 0.25) is 0 Å². The Kier molecular flexibility index (Phi) is 10.4. The van der Waals surface area contributed by atoms with Gasteiger partial charge in [-0.25, -0.2) is 0 Å². The molecule has 83 heavy (non-hydrogen) atoms. The molecule has 2 aliphatic heterocycles. The molecule has 0 saturated heterocycles. The molecule has 13 aromatic carbocycles. The first-order valence-electron chi connectivity index (χ1n) is 28.6. The minimum absolute atomic E-state index is 0.556. The average molecular weight is 1060 g/mol. The standard InChI is InChI=1S/C80H51NO2/c1-2-20-52(21-3-1)53-40-42-54(43-41-53)55-44-48-57(49-45-55)81(58-50-46-56(47-51-58)59-25-18-33-70-77(59)62-23-4-7-27-64(62)79(70)66-29-9-14-36-73(66)82-74-37-15-10-30-67(74)79)72-35-13-6-22-60(72)61-26-19-34-71-78(61)63-24-5-8-28-65(63)80(71)68-31-11-16-38-75(68)83-76-39-17-12-32-69(76)80/h1-51H. The van der Waals surface area contributed by atoms with E-state index < -0.39 is 10.8 Å². The molecule has 4 aliphatic rings. The highest BCUT2D eigenvalue weighted by Crippen LogP contribution is 2.65. The van der Waals surface area contributed by atoms with Gasteiger partial charge >= 0.3 is 0 Å². The van der Waals surface area contributed by atoms with Crippen molar-refractivity contribution < 1.29 is 9.47 Å². The number of nitrogens with zero attached hydrogens (tertiary/aromatic N) is 1. The molecule has 0 amide bonds. The van der Waals surface area contributed by atoms with E-state index in [1.54, 1.807) is 0 Å². The van der Waals surface area contributed by atoms with Crippen LogP contribution in [0.1, 0.15) is 44.5 Å². The first kappa shape index (κ1) is 47.1. The SMILES string of the molecule is c1ccc(-c2ccc(-c3ccc(N(c4ccc(-c5cccc6c5-c5ccccc5C65c6ccccc6Oc6ccccc65)cc4)c4ccccc4-c4cccc5c4-c4ccccc4C54c5ccccc5Oc5ccccc54)cc3)cc2)cc1. The highest BCUT2D eigenvalue weighted by molar-refractivity contribution is 6.01. The molecule has 0 saturated carbocycles. The molecule has 0 aromatic heterocycles. The lowest BCUT2D eigenvalue weighted by Gasteiger charge is -2.39. The van der Waals surface area contributed by atoms with Crippen LogP contribution >= 0.6 is 0 Å². The molecule has 2 heterocycles. The van der Waals surface area contributed by atoms with E-state index in [-0.39, 0.29) is 0 Å². The van der Waals surface area contributed by atoms with Gasteiger partial charge in [-0.05, 0) is 138 Å². The van der Waals surface area contributed by atoms with Gasteiger partial charge < -0.3 is 14.4 Å². The Morgan fingerprint density at radius 3 is 0.988 bits per heavy atom. The van der Waals surface area contributed by atoms with Crippen LogP contribution in [0, 0.1) is 0 Å². The van der Waals surface area contributed by atoms with Crippen molar-refractivity contribution in [2.24, 2.45) is 0 Å². The number of para-hydroxylation sites is 5. The molecule has 0 fully saturated rings. The predicted octanol–water partition coefficient (Wildman–Crippen LogP) is 20.8. The summed E-state index contributed by atoms with van der Waals surface area (Å²) in [5, 5.41) is 0. The van der Waals surface area contributed by atoms with Crippen molar-refractivity contribution in [1.29, 1.82) is 0 Å². The van der Waals surface area contributed by atoms with E-state index in [1.807, 2.05) is 0 Å². The minimum atomic E-state index is -0.595. The Labute approximate surface area is 483 Å². The third kappa shape index (κ3) is 6.80. The molecule has 0 unspecified atom stereocenters. The summed E-state index contributed by atoms with van der Waals surface area (Å²) in [6, 6.07) is 113. The maximum atomic E-state index is 6.73. The molecule has 0 N–H and O–H groups in total. The number of rotatable bonds is 7. The molecule has 3 heteroatoms. The van der Waals surface area contributed by atoms with E-state index in [0.29, 0.717) is 0 Å². The van der Waals surface area contributed by atoms with Crippen LogP contribution < -0.4 is 14.4 Å². The lowest BCUT2D eigenvalue weighted by Crippen LogP contribution is -2.32. The van der Waals surface area contributed by atoms with E-state index in [2.05, 4.69) is 314 Å². The first-order chi connectivity index (χ1) is 41.2. The van der Waals surface area contributed by atoms with Crippen LogP contribution in [0.2, 0.25) is 0 Å². The topological polar surface area (TPSA) is 21.7 Å². The predicted molar refractivity (Wildman–Crippen MR) is 338 cm³/mol. The Hall–Kier alpha value is -10.7. The lowest BCUT2D eigenvalue weighted by atomic mass is 9.66. The molecule has 2 spiro atoms. The smallest absolute Gasteiger partial charge is 0.132 e. The van der Waals surface area contributed by atoms with E-state index in [0.717, 1.165) is 79.0 Å². The number of ether oxygens (including phenoxy) is 2. The number of anilines is 3. The van der Waals surface area contributed by atoms with Crippen molar-refractivity contribution in [3.05, 3.63) is 354 Å². The Balaban J connectivity index is 0.838. The summed E-state index contributed by atoms with van der Waals surface area (Å²) in [4.78, 5) is 2.45. The summed E-state index contributed by atoms with van der Waals surface area (Å²) < 4.78 is 13.4. The lowest BCUT2D eigenvalue weighted by molar-refractivity contribution is 0.436. The highest BCUT2D eigenvalue weighted by Gasteiger charge is 2.53. The number of fused-ring (bicyclic) bond motifs is 18. The third-order valence-electron chi connectivity index (χ3n) is 18.1. The van der Waals surface area contributed by atoms with Gasteiger partial charge in [-0.15, -0.1) is 0 Å². The van der Waals surface area contributed by atoms with Gasteiger partial charge in [0.15, 0.2) is 0 Å². The van der Waals surface area contributed by atoms with Crippen LogP contribution in [0.15, 0.2) is 309 Å². The fraction of sp³-hybridized carbons (Fsp3) is 0.0250. The summed E-state index contributed by atoms with van der Waals surface area (Å²) in [5.74, 6) is 3.55. The number of hydrogen-bond acceptors (Lipinski definition) is 3. The molecule has 3 nitrogen and oxygen atoms in total. The maximum Gasteiger partial charge on any atom is 0.132 e. The second-order valence-electron chi connectivity index (χ2n) is 22.1. The van der Waals surface area contributed by atoms with Crippen molar-refractivity contribution in [2.75, 3.05) is 4.90 Å². The van der Waals surface area contributed by atoms with E-state index in [9.17, 15) is 0 Å². The van der Waals surface area contributed by atoms with Gasteiger partial charge in [0.1, 0.15) is 23.0 Å². The van der Waals surface area contributed by atoms with Crippen molar-refractivity contribution in [3.8, 4) is 89.8 Å². The molecule has 388 valence electrons. The van der Waals surface area contributed by atoms with Crippen molar-refractivity contribution >= 4 is 17.1 Å². The monoisotopic (exact) mass is 1060 g/mol. The summed E-state index contributed by atoms with van der Waals surface area (Å²) >= 11 is 0. The Morgan fingerprint density at radius 2 is 0.518 bits per heavy atom. The van der Waals surface area contributed by atoms with Crippen LogP contribution in [0.4, 0.5) is 17.1 Å². The fourth-order valence-corrected chi connectivity index (χ4v) is 14.7. The molecule has 0 radical (unpaired) electrons. The number of hydrogen-bond donors (Lipinski definition) is 0. The van der Waals surface area contributed by atoms with E-state index >= 15 is 0 Å². The van der Waals surface area contributed by atoms with Crippen molar-refractivity contribution in [3.63, 3.8) is 0 Å². The molecule has 2 aliphatic carbocycles. The first-order valence-corrected chi connectivity index (χ1v) is 28.6. The second kappa shape index (κ2) is 18.4. The Bertz CT molecular complexity index is 4640. The highest BCUT2D eigenvalue weighted by atomic mass is 16.5. The minimum Gasteiger partial charge on any atom is -0.457 e. The zero-order chi connectivity index (χ0) is 54.6. The van der Waals surface area contributed by atoms with Gasteiger partial charge in [-0.2, -0.15) is 0 Å². The largest absolute Gasteiger partial charge is 0.457 e. The zero-order valence-corrected chi connectivity index (χ0v) is 45.2. The average Bonchev–Trinajstić information content (AvgIpc) is 1.74. The normalized spacial score (nSPS) is 13.7. The summed E-state index contributed by atoms with van der Waals surface area (Å²) in [6.07, 6.45) is 0. The van der Waals surface area contributed by atoms with Gasteiger partial charge in [0, 0.05) is 39.2 Å². The van der Waals surface area contributed by atoms with Crippen LogP contribution in [0.3, 0.4) is 0 Å².